The number of rotatable bonds is 7. The second-order valence-electron chi connectivity index (χ2n) is 5.97. The SMILES string of the molecule is C[C@H](CC[C@@H]1CC1(Cl)Cl)NCc1nncn1-c1ccccc1. The van der Waals surface area contributed by atoms with Crippen LogP contribution in [0.4, 0.5) is 0 Å². The fourth-order valence-corrected chi connectivity index (χ4v) is 3.18. The average molecular weight is 339 g/mol. The van der Waals surface area contributed by atoms with Gasteiger partial charge in [-0.25, -0.2) is 0 Å². The number of alkyl halides is 2. The maximum Gasteiger partial charge on any atom is 0.151 e. The third-order valence-corrected chi connectivity index (χ3v) is 5.09. The normalized spacial score (nSPS) is 20.8. The molecule has 0 bridgehead atoms. The predicted molar refractivity (Wildman–Crippen MR) is 89.4 cm³/mol. The van der Waals surface area contributed by atoms with Crippen molar-refractivity contribution in [2.24, 2.45) is 5.92 Å². The van der Waals surface area contributed by atoms with Crippen molar-refractivity contribution in [1.82, 2.24) is 20.1 Å². The van der Waals surface area contributed by atoms with E-state index in [2.05, 4.69) is 22.4 Å². The molecule has 1 saturated carbocycles. The van der Waals surface area contributed by atoms with Crippen LogP contribution < -0.4 is 5.32 Å². The van der Waals surface area contributed by atoms with Crippen LogP contribution in [0.1, 0.15) is 32.0 Å². The first-order valence-electron chi connectivity index (χ1n) is 7.62. The van der Waals surface area contributed by atoms with E-state index >= 15 is 0 Å². The molecule has 1 fully saturated rings. The molecule has 0 radical (unpaired) electrons. The number of nitrogens with zero attached hydrogens (tertiary/aromatic N) is 3. The number of hydrogen-bond acceptors (Lipinski definition) is 3. The fraction of sp³-hybridized carbons (Fsp3) is 0.500. The molecule has 2 aromatic rings. The quantitative estimate of drug-likeness (QED) is 0.782. The Morgan fingerprint density at radius 1 is 1.36 bits per heavy atom. The van der Waals surface area contributed by atoms with Crippen LogP contribution in [0.5, 0.6) is 0 Å². The van der Waals surface area contributed by atoms with Gasteiger partial charge in [-0.1, -0.05) is 18.2 Å². The van der Waals surface area contributed by atoms with Gasteiger partial charge in [-0.2, -0.15) is 0 Å². The van der Waals surface area contributed by atoms with E-state index in [0.29, 0.717) is 18.5 Å². The number of aromatic nitrogens is 3. The summed E-state index contributed by atoms with van der Waals surface area (Å²) in [5, 5.41) is 11.7. The lowest BCUT2D eigenvalue weighted by Gasteiger charge is -2.14. The molecule has 1 aliphatic rings. The van der Waals surface area contributed by atoms with Crippen LogP contribution in [0.25, 0.3) is 5.69 Å². The third kappa shape index (κ3) is 3.80. The fourth-order valence-electron chi connectivity index (χ4n) is 2.59. The first-order valence-corrected chi connectivity index (χ1v) is 8.37. The number of nitrogens with one attached hydrogen (secondary N) is 1. The van der Waals surface area contributed by atoms with E-state index in [9.17, 15) is 0 Å². The summed E-state index contributed by atoms with van der Waals surface area (Å²) in [6, 6.07) is 10.5. The Bertz CT molecular complexity index is 612. The number of hydrogen-bond donors (Lipinski definition) is 1. The molecule has 0 spiro atoms. The third-order valence-electron chi connectivity index (χ3n) is 4.17. The molecule has 118 valence electrons. The van der Waals surface area contributed by atoms with Gasteiger partial charge in [0.1, 0.15) is 10.7 Å². The van der Waals surface area contributed by atoms with Gasteiger partial charge in [0.25, 0.3) is 0 Å². The maximum absolute atomic E-state index is 6.06. The molecule has 1 aliphatic carbocycles. The number of halogens is 2. The summed E-state index contributed by atoms with van der Waals surface area (Å²) in [5.41, 5.74) is 1.07. The van der Waals surface area contributed by atoms with Crippen LogP contribution in [0.3, 0.4) is 0 Å². The number of benzene rings is 1. The van der Waals surface area contributed by atoms with Crippen molar-refractivity contribution < 1.29 is 0 Å². The zero-order valence-corrected chi connectivity index (χ0v) is 14.1. The molecule has 0 unspecified atom stereocenters. The van der Waals surface area contributed by atoms with Crippen LogP contribution in [0.2, 0.25) is 0 Å². The van der Waals surface area contributed by atoms with Crippen LogP contribution >= 0.6 is 23.2 Å². The standard InChI is InChI=1S/C16H20Cl2N4/c1-12(7-8-13-9-16(13,17)18)19-10-15-21-20-11-22(15)14-5-3-2-4-6-14/h2-6,11-13,19H,7-10H2,1H3/t12-,13-/m1/s1. The van der Waals surface area contributed by atoms with Gasteiger partial charge < -0.3 is 5.32 Å². The number of para-hydroxylation sites is 1. The summed E-state index contributed by atoms with van der Waals surface area (Å²) in [4.78, 5) is 0. The Morgan fingerprint density at radius 3 is 2.77 bits per heavy atom. The van der Waals surface area contributed by atoms with Crippen molar-refractivity contribution in [2.45, 2.75) is 43.1 Å². The minimum Gasteiger partial charge on any atom is -0.307 e. The lowest BCUT2D eigenvalue weighted by Crippen LogP contribution is -2.27. The topological polar surface area (TPSA) is 42.7 Å². The summed E-state index contributed by atoms with van der Waals surface area (Å²) >= 11 is 12.1. The highest BCUT2D eigenvalue weighted by atomic mass is 35.5. The van der Waals surface area contributed by atoms with E-state index in [1.54, 1.807) is 6.33 Å². The van der Waals surface area contributed by atoms with E-state index in [0.717, 1.165) is 30.8 Å². The van der Waals surface area contributed by atoms with Crippen molar-refractivity contribution in [3.8, 4) is 5.69 Å². The first-order chi connectivity index (χ1) is 10.6. The average Bonchev–Trinajstić information content (AvgIpc) is 2.92. The van der Waals surface area contributed by atoms with Crippen molar-refractivity contribution in [1.29, 1.82) is 0 Å². The zero-order chi connectivity index (χ0) is 15.6. The second kappa shape index (κ2) is 6.57. The molecule has 6 heteroatoms. The second-order valence-corrected chi connectivity index (χ2v) is 7.52. The largest absolute Gasteiger partial charge is 0.307 e. The minimum absolute atomic E-state index is 0.394. The summed E-state index contributed by atoms with van der Waals surface area (Å²) in [6.45, 7) is 2.86. The van der Waals surface area contributed by atoms with Gasteiger partial charge in [0.05, 0.1) is 6.54 Å². The van der Waals surface area contributed by atoms with Gasteiger partial charge in [-0.3, -0.25) is 4.57 Å². The van der Waals surface area contributed by atoms with E-state index in [-0.39, 0.29) is 0 Å². The van der Waals surface area contributed by atoms with Crippen LogP contribution in [0, 0.1) is 5.92 Å². The molecule has 0 saturated heterocycles. The van der Waals surface area contributed by atoms with Gasteiger partial charge in [0.2, 0.25) is 0 Å². The van der Waals surface area contributed by atoms with Crippen molar-refractivity contribution in [3.05, 3.63) is 42.5 Å². The van der Waals surface area contributed by atoms with Crippen molar-refractivity contribution in [3.63, 3.8) is 0 Å². The summed E-state index contributed by atoms with van der Waals surface area (Å²) < 4.78 is 1.54. The summed E-state index contributed by atoms with van der Waals surface area (Å²) in [5.74, 6) is 1.36. The smallest absolute Gasteiger partial charge is 0.151 e. The van der Waals surface area contributed by atoms with E-state index in [1.807, 2.05) is 34.9 Å². The Morgan fingerprint density at radius 2 is 2.09 bits per heavy atom. The molecule has 1 N–H and O–H groups in total. The Labute approximate surface area is 140 Å². The highest BCUT2D eigenvalue weighted by Crippen LogP contribution is 2.55. The van der Waals surface area contributed by atoms with Crippen LogP contribution in [-0.4, -0.2) is 25.1 Å². The monoisotopic (exact) mass is 338 g/mol. The molecule has 1 heterocycles. The molecular formula is C16H20Cl2N4. The molecule has 0 aliphatic heterocycles. The molecule has 4 nitrogen and oxygen atoms in total. The Hall–Kier alpha value is -1.10. The van der Waals surface area contributed by atoms with Crippen LogP contribution in [0.15, 0.2) is 36.7 Å². The Balaban J connectivity index is 1.51. The lowest BCUT2D eigenvalue weighted by molar-refractivity contribution is 0.473. The van der Waals surface area contributed by atoms with E-state index in [4.69, 9.17) is 23.2 Å². The molecular weight excluding hydrogens is 319 g/mol. The van der Waals surface area contributed by atoms with Gasteiger partial charge in [-0.05, 0) is 44.2 Å². The molecule has 1 aromatic carbocycles. The van der Waals surface area contributed by atoms with Crippen molar-refractivity contribution >= 4 is 23.2 Å². The van der Waals surface area contributed by atoms with Gasteiger partial charge in [-0.15, -0.1) is 33.4 Å². The Kier molecular flexibility index (Phi) is 4.71. The van der Waals surface area contributed by atoms with Gasteiger partial charge >= 0.3 is 0 Å². The maximum atomic E-state index is 6.06. The van der Waals surface area contributed by atoms with Crippen LogP contribution in [-0.2, 0) is 6.54 Å². The molecule has 0 amide bonds. The molecule has 22 heavy (non-hydrogen) atoms. The molecule has 2 atom stereocenters. The van der Waals surface area contributed by atoms with E-state index in [1.165, 1.54) is 0 Å². The van der Waals surface area contributed by atoms with E-state index < -0.39 is 4.33 Å². The summed E-state index contributed by atoms with van der Waals surface area (Å²) in [7, 11) is 0. The molecule has 1 aromatic heterocycles. The van der Waals surface area contributed by atoms with Gasteiger partial charge in [0, 0.05) is 11.7 Å². The predicted octanol–water partition coefficient (Wildman–Crippen LogP) is 3.72. The first kappa shape index (κ1) is 15.8. The zero-order valence-electron chi connectivity index (χ0n) is 12.5. The lowest BCUT2D eigenvalue weighted by atomic mass is 10.1. The minimum atomic E-state index is -0.465. The highest BCUT2D eigenvalue weighted by Gasteiger charge is 2.50. The highest BCUT2D eigenvalue weighted by molar-refractivity contribution is 6.50. The summed E-state index contributed by atoms with van der Waals surface area (Å²) in [6.07, 6.45) is 4.79. The molecule has 3 rings (SSSR count). The van der Waals surface area contributed by atoms with Gasteiger partial charge in [0.15, 0.2) is 5.82 Å². The van der Waals surface area contributed by atoms with Crippen molar-refractivity contribution in [2.75, 3.05) is 0 Å².